The third-order valence-corrected chi connectivity index (χ3v) is 6.71. The summed E-state index contributed by atoms with van der Waals surface area (Å²) in [6.07, 6.45) is 8.09. The number of halogens is 1. The lowest BCUT2D eigenvalue weighted by Gasteiger charge is -2.47. The zero-order chi connectivity index (χ0) is 21.4. The number of likely N-dealkylation sites (tertiary alicyclic amines) is 1. The summed E-state index contributed by atoms with van der Waals surface area (Å²) in [6.45, 7) is 2.83. The number of piperidine rings is 1. The molecule has 1 saturated heterocycles. The number of rotatable bonds is 2. The van der Waals surface area contributed by atoms with E-state index < -0.39 is 5.54 Å². The van der Waals surface area contributed by atoms with Gasteiger partial charge in [0.15, 0.2) is 5.82 Å². The van der Waals surface area contributed by atoms with Crippen molar-refractivity contribution in [3.8, 4) is 0 Å². The highest BCUT2D eigenvalue weighted by molar-refractivity contribution is 6.09. The van der Waals surface area contributed by atoms with E-state index in [-0.39, 0.29) is 11.7 Å². The molecular formula is C24H28FN5O. The van der Waals surface area contributed by atoms with Crippen molar-refractivity contribution in [3.63, 3.8) is 0 Å². The van der Waals surface area contributed by atoms with Crippen molar-refractivity contribution >= 4 is 23.2 Å². The average molecular weight is 422 g/mol. The monoisotopic (exact) mass is 421 g/mol. The molecule has 162 valence electrons. The highest BCUT2D eigenvalue weighted by Crippen LogP contribution is 2.36. The number of nitrogens with one attached hydrogen (secondary N) is 2. The van der Waals surface area contributed by atoms with Crippen LogP contribution in [-0.4, -0.2) is 46.3 Å². The summed E-state index contributed by atoms with van der Waals surface area (Å²) in [5.74, 6) is 1.16. The largest absolute Gasteiger partial charge is 0.368 e. The van der Waals surface area contributed by atoms with E-state index in [2.05, 4.69) is 15.6 Å². The Kier molecular flexibility index (Phi) is 5.12. The summed E-state index contributed by atoms with van der Waals surface area (Å²) in [5, 5.41) is 7.15. The smallest absolute Gasteiger partial charge is 0.254 e. The van der Waals surface area contributed by atoms with Crippen LogP contribution in [0, 0.1) is 12.7 Å². The van der Waals surface area contributed by atoms with Crippen LogP contribution < -0.4 is 10.6 Å². The molecule has 1 atom stereocenters. The third kappa shape index (κ3) is 3.77. The van der Waals surface area contributed by atoms with Gasteiger partial charge >= 0.3 is 0 Å². The number of carbonyl (C=O) groups excluding carboxylic acids is 1. The molecule has 31 heavy (non-hydrogen) atoms. The molecule has 1 aromatic carbocycles. The lowest BCUT2D eigenvalue weighted by molar-refractivity contribution is 0.0694. The first kappa shape index (κ1) is 20.0. The van der Waals surface area contributed by atoms with Crippen molar-refractivity contribution in [3.05, 3.63) is 53.5 Å². The molecule has 2 fully saturated rings. The van der Waals surface area contributed by atoms with Crippen LogP contribution >= 0.6 is 0 Å². The molecule has 0 bridgehead atoms. The number of amidine groups is 1. The molecule has 1 aromatic heterocycles. The van der Waals surface area contributed by atoms with Gasteiger partial charge in [0.2, 0.25) is 0 Å². The molecule has 1 spiro atoms. The summed E-state index contributed by atoms with van der Waals surface area (Å²) < 4.78 is 14.1. The van der Waals surface area contributed by atoms with Gasteiger partial charge in [-0.15, -0.1) is 0 Å². The predicted molar refractivity (Wildman–Crippen MR) is 120 cm³/mol. The van der Waals surface area contributed by atoms with E-state index in [9.17, 15) is 9.18 Å². The van der Waals surface area contributed by atoms with E-state index in [1.807, 2.05) is 17.0 Å². The Morgan fingerprint density at radius 2 is 2.10 bits per heavy atom. The quantitative estimate of drug-likeness (QED) is 0.755. The normalized spacial score (nSPS) is 24.7. The number of aryl methyl sites for hydroxylation is 1. The maximum atomic E-state index is 14.1. The van der Waals surface area contributed by atoms with Crippen molar-refractivity contribution in [1.29, 1.82) is 0 Å². The number of fused-ring (bicyclic) bond motifs is 1. The first-order chi connectivity index (χ1) is 15.0. The number of aliphatic imine (C=N–C) groups is 1. The second-order valence-corrected chi connectivity index (χ2v) is 8.94. The summed E-state index contributed by atoms with van der Waals surface area (Å²) in [5.41, 5.74) is 1.36. The molecule has 0 radical (unpaired) electrons. The van der Waals surface area contributed by atoms with Crippen LogP contribution in [0.15, 0.2) is 41.5 Å². The van der Waals surface area contributed by atoms with Crippen LogP contribution in [0.2, 0.25) is 0 Å². The van der Waals surface area contributed by atoms with Gasteiger partial charge in [0.1, 0.15) is 17.2 Å². The van der Waals surface area contributed by atoms with Crippen LogP contribution in [0.4, 0.5) is 15.9 Å². The Balaban J connectivity index is 1.47. The van der Waals surface area contributed by atoms with Crippen molar-refractivity contribution in [2.75, 3.05) is 23.7 Å². The molecule has 1 amide bonds. The molecule has 0 unspecified atom stereocenters. The Bertz CT molecular complexity index is 1030. The lowest BCUT2D eigenvalue weighted by atomic mass is 9.85. The van der Waals surface area contributed by atoms with E-state index in [4.69, 9.17) is 4.99 Å². The fourth-order valence-corrected chi connectivity index (χ4v) is 4.96. The molecule has 2 aromatic rings. The van der Waals surface area contributed by atoms with Crippen LogP contribution in [0.25, 0.3) is 0 Å². The van der Waals surface area contributed by atoms with Gasteiger partial charge in [0.25, 0.3) is 5.91 Å². The Labute approximate surface area is 182 Å². The maximum absolute atomic E-state index is 14.1. The number of carbonyl (C=O) groups is 1. The van der Waals surface area contributed by atoms with E-state index in [0.717, 1.165) is 43.0 Å². The van der Waals surface area contributed by atoms with Gasteiger partial charge in [0, 0.05) is 18.3 Å². The maximum Gasteiger partial charge on any atom is 0.254 e. The van der Waals surface area contributed by atoms with E-state index >= 15 is 0 Å². The summed E-state index contributed by atoms with van der Waals surface area (Å²) in [4.78, 5) is 24.6. The van der Waals surface area contributed by atoms with Gasteiger partial charge in [-0.3, -0.25) is 9.79 Å². The van der Waals surface area contributed by atoms with E-state index in [1.54, 1.807) is 25.3 Å². The first-order valence-corrected chi connectivity index (χ1v) is 11.2. The van der Waals surface area contributed by atoms with Crippen molar-refractivity contribution in [1.82, 2.24) is 9.88 Å². The highest BCUT2D eigenvalue weighted by atomic mass is 19.1. The SMILES string of the molecule is Cc1ccc(C(=O)N2CCC[C@]3(C2)Nc2cccnc2NC3=NC2CCCC2)cc1F. The molecule has 3 heterocycles. The summed E-state index contributed by atoms with van der Waals surface area (Å²) in [6, 6.07) is 8.93. The summed E-state index contributed by atoms with van der Waals surface area (Å²) >= 11 is 0. The molecule has 1 aliphatic carbocycles. The Morgan fingerprint density at radius 1 is 1.26 bits per heavy atom. The van der Waals surface area contributed by atoms with Crippen LogP contribution in [0.1, 0.15) is 54.4 Å². The second-order valence-electron chi connectivity index (χ2n) is 8.94. The Morgan fingerprint density at radius 3 is 2.90 bits per heavy atom. The van der Waals surface area contributed by atoms with Crippen molar-refractivity contribution < 1.29 is 9.18 Å². The number of pyridine rings is 1. The number of hydrogen-bond donors (Lipinski definition) is 2. The zero-order valence-corrected chi connectivity index (χ0v) is 17.8. The molecule has 7 heteroatoms. The molecule has 2 N–H and O–H groups in total. The first-order valence-electron chi connectivity index (χ1n) is 11.2. The number of nitrogens with zero attached hydrogens (tertiary/aromatic N) is 3. The van der Waals surface area contributed by atoms with Gasteiger partial charge in [0.05, 0.1) is 18.3 Å². The molecule has 1 saturated carbocycles. The van der Waals surface area contributed by atoms with Crippen molar-refractivity contribution in [2.45, 2.75) is 57.0 Å². The molecule has 3 aliphatic rings. The van der Waals surface area contributed by atoms with Gasteiger partial charge < -0.3 is 15.5 Å². The van der Waals surface area contributed by atoms with Crippen LogP contribution in [-0.2, 0) is 0 Å². The number of benzene rings is 1. The Hall–Kier alpha value is -2.96. The topological polar surface area (TPSA) is 69.6 Å². The zero-order valence-electron chi connectivity index (χ0n) is 17.8. The number of aromatic nitrogens is 1. The molecule has 6 nitrogen and oxygen atoms in total. The molecule has 5 rings (SSSR count). The standard InChI is InChI=1S/C24H28FN5O/c1-16-9-10-17(14-19(16)25)22(31)30-13-5-11-24(15-30)23(27-18-6-2-3-7-18)28-21-20(29-24)8-4-12-26-21/h4,8-10,12,14,18,29H,2-3,5-7,11,13,15H2,1H3,(H,26,27,28)/t24-/m1/s1. The van der Waals surface area contributed by atoms with E-state index in [1.165, 1.54) is 18.9 Å². The average Bonchev–Trinajstić information content (AvgIpc) is 3.29. The van der Waals surface area contributed by atoms with Crippen LogP contribution in [0.5, 0.6) is 0 Å². The minimum Gasteiger partial charge on any atom is -0.368 e. The lowest BCUT2D eigenvalue weighted by Crippen LogP contribution is -2.62. The molecular weight excluding hydrogens is 393 g/mol. The highest BCUT2D eigenvalue weighted by Gasteiger charge is 2.45. The van der Waals surface area contributed by atoms with Crippen molar-refractivity contribution in [2.24, 2.45) is 4.99 Å². The van der Waals surface area contributed by atoms with Gasteiger partial charge in [-0.2, -0.15) is 0 Å². The minimum atomic E-state index is -0.490. The van der Waals surface area contributed by atoms with Gasteiger partial charge in [-0.05, 0) is 62.4 Å². The number of anilines is 2. The number of amides is 1. The van der Waals surface area contributed by atoms with Gasteiger partial charge in [-0.25, -0.2) is 9.37 Å². The summed E-state index contributed by atoms with van der Waals surface area (Å²) in [7, 11) is 0. The van der Waals surface area contributed by atoms with Gasteiger partial charge in [-0.1, -0.05) is 18.9 Å². The fourth-order valence-electron chi connectivity index (χ4n) is 4.96. The fraction of sp³-hybridized carbons (Fsp3) is 0.458. The van der Waals surface area contributed by atoms with E-state index in [0.29, 0.717) is 30.3 Å². The second kappa shape index (κ2) is 7.94. The minimum absolute atomic E-state index is 0.142. The third-order valence-electron chi connectivity index (χ3n) is 6.71. The van der Waals surface area contributed by atoms with Crippen LogP contribution in [0.3, 0.4) is 0 Å². The number of hydrogen-bond acceptors (Lipinski definition) is 4. The predicted octanol–water partition coefficient (Wildman–Crippen LogP) is 4.38. The molecule has 2 aliphatic heterocycles.